The normalized spacial score (nSPS) is 16.5. The summed E-state index contributed by atoms with van der Waals surface area (Å²) in [4.78, 5) is 0. The van der Waals surface area contributed by atoms with E-state index in [4.69, 9.17) is 109 Å². The van der Waals surface area contributed by atoms with Gasteiger partial charge < -0.3 is 75.1 Å². The molecule has 0 aromatic heterocycles. The standard InChI is InChI=1S/2C12H24O6.4C2H6OS.4CHF3O3S.4Hg/c2*1-2-14-5-6-16-9-10-18-12-11-17-8-7-15-4-3-13-1;4*1-4(2)3;4*2-1(3,4)8(5,6)7;;;;/h2*1-12H2;4*1-2H3;4*(H,5,6,7);;;;/q;;;;;;;;;;4*+1/p-4. The maximum atomic E-state index is 10.7. The van der Waals surface area contributed by atoms with Crippen LogP contribution >= 0.6 is 0 Å². The first-order valence-corrected chi connectivity index (χ1v) is 35.4. The van der Waals surface area contributed by atoms with Crippen molar-refractivity contribution in [3.8, 4) is 0 Å². The van der Waals surface area contributed by atoms with E-state index in [1.807, 2.05) is 0 Å². The molecule has 0 unspecified atom stereocenters. The molecule has 52 heteroatoms. The summed E-state index contributed by atoms with van der Waals surface area (Å²) >= 11 is 0. The third-order valence-corrected chi connectivity index (χ3v) is 7.87. The van der Waals surface area contributed by atoms with Crippen molar-refractivity contribution in [2.45, 2.75) is 22.0 Å². The van der Waals surface area contributed by atoms with Crippen LogP contribution in [0.5, 0.6) is 0 Å². The van der Waals surface area contributed by atoms with E-state index >= 15 is 0 Å². The fourth-order valence-corrected chi connectivity index (χ4v) is 2.64. The minimum Gasteiger partial charge on any atom is -0.741 e. The predicted octanol–water partition coefficient (Wildman–Crippen LogP) is 0.374. The Hall–Kier alpha value is 2.66. The molecule has 0 saturated carbocycles. The van der Waals surface area contributed by atoms with Crippen molar-refractivity contribution < 1.29 is 289 Å². The van der Waals surface area contributed by atoms with Crippen LogP contribution < -0.4 is 0 Å². The molecule has 0 N–H and O–H groups in total. The minimum absolute atomic E-state index is 0. The molecule has 2 saturated heterocycles. The number of ether oxygens (including phenoxy) is 12. The summed E-state index contributed by atoms with van der Waals surface area (Å²) in [6.45, 7) is 14.1. The van der Waals surface area contributed by atoms with Crippen LogP contribution in [0.4, 0.5) is 52.7 Å². The van der Waals surface area contributed by atoms with Crippen molar-refractivity contribution in [2.24, 2.45) is 0 Å². The summed E-state index contributed by atoms with van der Waals surface area (Å²) in [7, 11) is -26.8. The molecule has 4 radical (unpaired) electrons. The van der Waals surface area contributed by atoms with E-state index in [0.29, 0.717) is 159 Å². The molecule has 28 nitrogen and oxygen atoms in total. The molecule has 0 amide bonds. The largest absolute Gasteiger partial charge is 1.00 e. The maximum absolute atomic E-state index is 10.7. The van der Waals surface area contributed by atoms with Gasteiger partial charge in [-0.1, -0.05) is 0 Å². The quantitative estimate of drug-likeness (QED) is 0.137. The number of hydrogen-bond acceptors (Lipinski definition) is 28. The second-order valence-corrected chi connectivity index (χ2v) is 25.3. The van der Waals surface area contributed by atoms with E-state index in [1.165, 1.54) is 0 Å². The van der Waals surface area contributed by atoms with Gasteiger partial charge in [0.15, 0.2) is 40.5 Å². The van der Waals surface area contributed by atoms with Gasteiger partial charge in [0.1, 0.15) is 0 Å². The van der Waals surface area contributed by atoms with Crippen LogP contribution in [0.25, 0.3) is 0 Å². The van der Waals surface area contributed by atoms with Crippen molar-refractivity contribution in [1.82, 2.24) is 0 Å². The van der Waals surface area contributed by atoms with E-state index in [1.54, 1.807) is 50.0 Å². The van der Waals surface area contributed by atoms with Gasteiger partial charge in [0.25, 0.3) is 0 Å². The molecule has 0 atom stereocenters. The number of hydrogen-bond donors (Lipinski definition) is 0. The topological polar surface area (TPSA) is 408 Å². The first-order chi connectivity index (χ1) is 37.9. The van der Waals surface area contributed by atoms with E-state index in [-0.39, 0.29) is 111 Å². The number of rotatable bonds is 0. The second kappa shape index (κ2) is 72.4. The molecule has 0 spiro atoms. The second-order valence-electron chi connectivity index (χ2n) is 13.9. The van der Waals surface area contributed by atoms with Crippen molar-refractivity contribution in [3.05, 3.63) is 0 Å². The third-order valence-electron chi connectivity index (χ3n) is 5.60. The molecule has 2 heterocycles. The fraction of sp³-hybridized carbons (Fsp3) is 1.00. The van der Waals surface area contributed by atoms with Gasteiger partial charge >= 0.3 is 133 Å². The van der Waals surface area contributed by atoms with Gasteiger partial charge in [-0.2, -0.15) is 52.7 Å². The smallest absolute Gasteiger partial charge is 0.741 e. The van der Waals surface area contributed by atoms with Crippen molar-refractivity contribution >= 4 is 83.7 Å². The Morgan fingerprint density at radius 3 is 0.284 bits per heavy atom. The van der Waals surface area contributed by atoms with Crippen LogP contribution in [0.3, 0.4) is 0 Å². The van der Waals surface area contributed by atoms with Crippen LogP contribution in [-0.4, -0.2) is 299 Å². The van der Waals surface area contributed by atoms with Crippen LogP contribution in [0.2, 0.25) is 0 Å². The molecule has 0 aromatic rings. The Labute approximate surface area is 596 Å². The minimum atomic E-state index is -6.09. The van der Waals surface area contributed by atoms with Crippen molar-refractivity contribution in [1.29, 1.82) is 0 Å². The molecule has 524 valence electrons. The van der Waals surface area contributed by atoms with Crippen LogP contribution in [0.1, 0.15) is 0 Å². The zero-order valence-electron chi connectivity index (χ0n) is 49.0. The SMILES string of the molecule is C1COCCOCCOCCOCCOCCO1.C1COCCOCCOCCOCCOCCO1.CS(C)=O.CS(C)=O.CS(C)=O.CS(C)=O.O=S(=O)([O-])C(F)(F)F.O=S(=O)([O-])C(F)(F)F.O=S(=O)([O-])C(F)(F)F.O=S(=O)([O-])C(F)(F)F.[Hg+].[Hg+].[Hg+].[Hg+]. The third kappa shape index (κ3) is 122. The molecule has 2 fully saturated rings. The summed E-state index contributed by atoms with van der Waals surface area (Å²) in [5.74, 6) is 0. The Morgan fingerprint density at radius 1 is 0.227 bits per heavy atom. The maximum Gasteiger partial charge on any atom is 1.00 e. The van der Waals surface area contributed by atoms with Gasteiger partial charge in [-0.3, -0.25) is 16.8 Å². The molecule has 2 aliphatic heterocycles. The van der Waals surface area contributed by atoms with E-state index < -0.39 is 106 Å². The Balaban J connectivity index is -0.0000000765. The first kappa shape index (κ1) is 118. The summed E-state index contributed by atoms with van der Waals surface area (Å²) in [6.07, 6.45) is 13.1. The molecule has 0 bridgehead atoms. The van der Waals surface area contributed by atoms with Crippen LogP contribution in [0, 0.1) is 0 Å². The zero-order valence-corrected chi connectivity index (χ0v) is 77.6. The zero-order chi connectivity index (χ0) is 67.8. The molecule has 0 aliphatic carbocycles. The van der Waals surface area contributed by atoms with E-state index in [0.717, 1.165) is 0 Å². The van der Waals surface area contributed by atoms with Crippen molar-refractivity contribution in [2.75, 3.05) is 209 Å². The molecular weight excluding hydrogens is 2170 g/mol. The Kier molecular flexibility index (Phi) is 96.9. The van der Waals surface area contributed by atoms with E-state index in [9.17, 15) is 69.5 Å². The Morgan fingerprint density at radius 2 is 0.261 bits per heavy atom. The monoisotopic (exact) mass is 2240 g/mol. The summed E-state index contributed by atoms with van der Waals surface area (Å²) in [5.41, 5.74) is -22.6. The molecular formula is C36H72F12Hg4O28S8. The average Bonchev–Trinajstić information content (AvgIpc) is 3.27. The first-order valence-electron chi connectivity index (χ1n) is 21.9. The molecule has 2 rings (SSSR count). The van der Waals surface area contributed by atoms with Gasteiger partial charge in [0, 0.05) is 93.2 Å². The van der Waals surface area contributed by atoms with Gasteiger partial charge in [-0.05, 0) is 0 Å². The summed E-state index contributed by atoms with van der Waals surface area (Å²) in [6, 6.07) is 0. The van der Waals surface area contributed by atoms with Gasteiger partial charge in [0.2, 0.25) is 0 Å². The summed E-state index contributed by atoms with van der Waals surface area (Å²) < 4.78 is 338. The van der Waals surface area contributed by atoms with Crippen LogP contribution in [-0.2, 0) is 251 Å². The number of alkyl halides is 12. The van der Waals surface area contributed by atoms with E-state index in [2.05, 4.69) is 0 Å². The van der Waals surface area contributed by atoms with Crippen molar-refractivity contribution in [3.63, 3.8) is 0 Å². The van der Waals surface area contributed by atoms with Gasteiger partial charge in [-0.15, -0.1) is 0 Å². The Bertz CT molecular complexity index is 1660. The average molecular weight is 2240 g/mol. The fourth-order valence-electron chi connectivity index (χ4n) is 2.64. The molecule has 2 aliphatic rings. The van der Waals surface area contributed by atoms with Gasteiger partial charge in [0.05, 0.1) is 159 Å². The predicted molar refractivity (Wildman–Crippen MR) is 273 cm³/mol. The molecule has 88 heavy (non-hydrogen) atoms. The summed E-state index contributed by atoms with van der Waals surface area (Å²) in [5, 5.41) is 0. The number of halogens is 12. The van der Waals surface area contributed by atoms with Gasteiger partial charge in [-0.25, -0.2) is 33.7 Å². The molecule has 0 aromatic carbocycles. The van der Waals surface area contributed by atoms with Crippen LogP contribution in [0.15, 0.2) is 0 Å².